The zero-order valence-electron chi connectivity index (χ0n) is 16.2. The molecule has 0 saturated heterocycles. The molecule has 3 heterocycles. The summed E-state index contributed by atoms with van der Waals surface area (Å²) in [6, 6.07) is 14.4. The summed E-state index contributed by atoms with van der Waals surface area (Å²) in [4.78, 5) is 0. The molecule has 0 spiro atoms. The Bertz CT molecular complexity index is 986. The fraction of sp³-hybridized carbons (Fsp3) is 0.348. The summed E-state index contributed by atoms with van der Waals surface area (Å²) in [7, 11) is 0. The molecular formula is C23H24FN3O2. The molecule has 0 radical (unpaired) electrons. The number of benzene rings is 2. The predicted octanol–water partition coefficient (Wildman–Crippen LogP) is 3.51. The molecule has 3 aromatic rings. The predicted molar refractivity (Wildman–Crippen MR) is 108 cm³/mol. The van der Waals surface area contributed by atoms with E-state index in [9.17, 15) is 4.39 Å². The van der Waals surface area contributed by atoms with Gasteiger partial charge in [0.25, 0.3) is 0 Å². The molecule has 150 valence electrons. The lowest BCUT2D eigenvalue weighted by atomic mass is 10.00. The van der Waals surface area contributed by atoms with Crippen molar-refractivity contribution in [2.45, 2.75) is 44.5 Å². The minimum Gasteiger partial charge on any atom is -0.486 e. The first-order valence-corrected chi connectivity index (χ1v) is 10.2. The van der Waals surface area contributed by atoms with Gasteiger partial charge < -0.3 is 14.8 Å². The molecule has 1 aromatic heterocycles. The Morgan fingerprint density at radius 1 is 1.14 bits per heavy atom. The van der Waals surface area contributed by atoms with Crippen LogP contribution >= 0.6 is 0 Å². The molecule has 29 heavy (non-hydrogen) atoms. The van der Waals surface area contributed by atoms with Gasteiger partial charge in [-0.25, -0.2) is 4.39 Å². The summed E-state index contributed by atoms with van der Waals surface area (Å²) >= 11 is 0. The lowest BCUT2D eigenvalue weighted by Crippen LogP contribution is -2.48. The average molecular weight is 393 g/mol. The van der Waals surface area contributed by atoms with Crippen LogP contribution in [0.25, 0.3) is 0 Å². The molecule has 2 unspecified atom stereocenters. The molecule has 1 N–H and O–H groups in total. The standard InChI is InChI=1S/C23H24FN3O2/c24-18-9-7-16(8-10-18)12-19(23-15-28-21-5-1-2-6-22(21)29-23)25-13-17-14-26-27-11-3-4-20(17)27/h1-2,5-10,14,19,23,25H,3-4,11-13,15H2. The Morgan fingerprint density at radius 3 is 2.83 bits per heavy atom. The maximum atomic E-state index is 13.3. The van der Waals surface area contributed by atoms with Crippen LogP contribution in [0.3, 0.4) is 0 Å². The first-order chi connectivity index (χ1) is 14.3. The third-order valence-corrected chi connectivity index (χ3v) is 5.72. The van der Waals surface area contributed by atoms with Gasteiger partial charge in [0.1, 0.15) is 18.5 Å². The largest absolute Gasteiger partial charge is 0.486 e. The Balaban J connectivity index is 1.34. The first-order valence-electron chi connectivity index (χ1n) is 10.2. The molecule has 0 bridgehead atoms. The van der Waals surface area contributed by atoms with Gasteiger partial charge in [-0.3, -0.25) is 4.68 Å². The van der Waals surface area contributed by atoms with E-state index in [0.717, 1.165) is 49.4 Å². The Kier molecular flexibility index (Phi) is 4.94. The first kappa shape index (κ1) is 18.2. The van der Waals surface area contributed by atoms with Crippen LogP contribution in [0.4, 0.5) is 4.39 Å². The van der Waals surface area contributed by atoms with Crippen molar-refractivity contribution in [3.63, 3.8) is 0 Å². The van der Waals surface area contributed by atoms with Crippen LogP contribution in [-0.2, 0) is 25.9 Å². The number of nitrogens with one attached hydrogen (secondary N) is 1. The Morgan fingerprint density at radius 2 is 1.97 bits per heavy atom. The molecule has 5 rings (SSSR count). The third kappa shape index (κ3) is 3.85. The number of para-hydroxylation sites is 2. The normalized spacial score (nSPS) is 18.4. The van der Waals surface area contributed by atoms with E-state index in [1.807, 2.05) is 42.6 Å². The molecule has 2 atom stereocenters. The number of halogens is 1. The van der Waals surface area contributed by atoms with Crippen molar-refractivity contribution >= 4 is 0 Å². The van der Waals surface area contributed by atoms with Crippen LogP contribution in [0, 0.1) is 5.82 Å². The van der Waals surface area contributed by atoms with Gasteiger partial charge in [0, 0.05) is 24.3 Å². The molecule has 2 aromatic carbocycles. The Hall–Kier alpha value is -2.86. The molecule has 2 aliphatic heterocycles. The average Bonchev–Trinajstić information content (AvgIpc) is 3.37. The van der Waals surface area contributed by atoms with Crippen molar-refractivity contribution < 1.29 is 13.9 Å². The zero-order valence-corrected chi connectivity index (χ0v) is 16.2. The van der Waals surface area contributed by atoms with Gasteiger partial charge in [-0.2, -0.15) is 5.10 Å². The number of hydrogen-bond acceptors (Lipinski definition) is 4. The molecule has 0 fully saturated rings. The zero-order chi connectivity index (χ0) is 19.6. The van der Waals surface area contributed by atoms with Crippen LogP contribution in [0.2, 0.25) is 0 Å². The van der Waals surface area contributed by atoms with Crippen molar-refractivity contribution in [1.29, 1.82) is 0 Å². The number of ether oxygens (including phenoxy) is 2. The van der Waals surface area contributed by atoms with Crippen molar-refractivity contribution in [2.75, 3.05) is 6.61 Å². The van der Waals surface area contributed by atoms with Crippen LogP contribution in [0.5, 0.6) is 11.5 Å². The SMILES string of the molecule is Fc1ccc(CC(NCc2cnn3c2CCC3)C2COc3ccccc3O2)cc1. The van der Waals surface area contributed by atoms with Gasteiger partial charge in [0.2, 0.25) is 0 Å². The van der Waals surface area contributed by atoms with Crippen LogP contribution in [0.1, 0.15) is 23.2 Å². The third-order valence-electron chi connectivity index (χ3n) is 5.72. The fourth-order valence-corrected chi connectivity index (χ4v) is 4.16. The van der Waals surface area contributed by atoms with E-state index in [2.05, 4.69) is 15.1 Å². The quantitative estimate of drug-likeness (QED) is 0.696. The van der Waals surface area contributed by atoms with Crippen molar-refractivity contribution in [2.24, 2.45) is 0 Å². The van der Waals surface area contributed by atoms with Crippen LogP contribution in [0.15, 0.2) is 54.7 Å². The molecule has 0 amide bonds. The maximum absolute atomic E-state index is 13.3. The van der Waals surface area contributed by atoms with E-state index in [1.54, 1.807) is 0 Å². The fourth-order valence-electron chi connectivity index (χ4n) is 4.16. The Labute approximate surface area is 169 Å². The second-order valence-electron chi connectivity index (χ2n) is 7.68. The van der Waals surface area contributed by atoms with E-state index in [4.69, 9.17) is 9.47 Å². The van der Waals surface area contributed by atoms with Gasteiger partial charge in [-0.15, -0.1) is 0 Å². The lowest BCUT2D eigenvalue weighted by molar-refractivity contribution is 0.0613. The summed E-state index contributed by atoms with van der Waals surface area (Å²) < 4.78 is 27.6. The number of rotatable bonds is 6. The molecule has 0 saturated carbocycles. The van der Waals surface area contributed by atoms with E-state index in [0.29, 0.717) is 6.61 Å². The second kappa shape index (κ2) is 7.87. The molecule has 6 heteroatoms. The summed E-state index contributed by atoms with van der Waals surface area (Å²) in [6.45, 7) is 2.20. The molecule has 5 nitrogen and oxygen atoms in total. The van der Waals surface area contributed by atoms with Crippen molar-refractivity contribution in [3.05, 3.63) is 77.4 Å². The number of aryl methyl sites for hydroxylation is 1. The summed E-state index contributed by atoms with van der Waals surface area (Å²) in [6.07, 6.45) is 4.78. The second-order valence-corrected chi connectivity index (χ2v) is 7.68. The monoisotopic (exact) mass is 393 g/mol. The van der Waals surface area contributed by atoms with Crippen LogP contribution < -0.4 is 14.8 Å². The number of aromatic nitrogens is 2. The smallest absolute Gasteiger partial charge is 0.161 e. The number of nitrogens with zero attached hydrogens (tertiary/aromatic N) is 2. The molecule has 0 aliphatic carbocycles. The van der Waals surface area contributed by atoms with E-state index in [1.165, 1.54) is 23.4 Å². The van der Waals surface area contributed by atoms with Gasteiger partial charge in [-0.05, 0) is 49.1 Å². The highest BCUT2D eigenvalue weighted by Crippen LogP contribution is 2.32. The highest BCUT2D eigenvalue weighted by molar-refractivity contribution is 5.41. The summed E-state index contributed by atoms with van der Waals surface area (Å²) in [5.74, 6) is 1.32. The van der Waals surface area contributed by atoms with Gasteiger partial charge in [0.15, 0.2) is 11.5 Å². The maximum Gasteiger partial charge on any atom is 0.161 e. The van der Waals surface area contributed by atoms with Gasteiger partial charge in [0.05, 0.1) is 12.2 Å². The van der Waals surface area contributed by atoms with E-state index < -0.39 is 0 Å². The van der Waals surface area contributed by atoms with E-state index in [-0.39, 0.29) is 18.0 Å². The lowest BCUT2D eigenvalue weighted by Gasteiger charge is -2.33. The van der Waals surface area contributed by atoms with Crippen LogP contribution in [-0.4, -0.2) is 28.5 Å². The topological polar surface area (TPSA) is 48.3 Å². The van der Waals surface area contributed by atoms with Crippen molar-refractivity contribution in [3.8, 4) is 11.5 Å². The number of hydrogen-bond donors (Lipinski definition) is 1. The highest BCUT2D eigenvalue weighted by atomic mass is 19.1. The minimum absolute atomic E-state index is 0.0192. The molecule has 2 aliphatic rings. The van der Waals surface area contributed by atoms with Gasteiger partial charge >= 0.3 is 0 Å². The molecular weight excluding hydrogens is 369 g/mol. The number of fused-ring (bicyclic) bond motifs is 2. The summed E-state index contributed by atoms with van der Waals surface area (Å²) in [5, 5.41) is 8.15. The highest BCUT2D eigenvalue weighted by Gasteiger charge is 2.29. The minimum atomic E-state index is -0.222. The summed E-state index contributed by atoms with van der Waals surface area (Å²) in [5.41, 5.74) is 3.62. The van der Waals surface area contributed by atoms with E-state index >= 15 is 0 Å². The van der Waals surface area contributed by atoms with Gasteiger partial charge in [-0.1, -0.05) is 24.3 Å². The van der Waals surface area contributed by atoms with Crippen molar-refractivity contribution in [1.82, 2.24) is 15.1 Å².